The van der Waals surface area contributed by atoms with Crippen LogP contribution in [0.5, 0.6) is 0 Å². The molecule has 0 bridgehead atoms. The second kappa shape index (κ2) is 6.69. The third-order valence-electron chi connectivity index (χ3n) is 4.12. The standard InChI is InChI=1S/C15H26N2S/c1-3-6-15(7-8-16-11-15)12-17-10-14-13(4-2)5-9-18-14/h5,9,16-17H,3-4,6-8,10-12H2,1-2H3. The van der Waals surface area contributed by atoms with Crippen molar-refractivity contribution in [3.05, 3.63) is 21.9 Å². The van der Waals surface area contributed by atoms with Gasteiger partial charge in [0, 0.05) is 24.5 Å². The topological polar surface area (TPSA) is 24.1 Å². The molecule has 1 aromatic heterocycles. The van der Waals surface area contributed by atoms with E-state index in [4.69, 9.17) is 0 Å². The molecule has 1 aliphatic heterocycles. The van der Waals surface area contributed by atoms with Crippen LogP contribution in [0.4, 0.5) is 0 Å². The van der Waals surface area contributed by atoms with Gasteiger partial charge in [-0.2, -0.15) is 0 Å². The highest BCUT2D eigenvalue weighted by Crippen LogP contribution is 2.30. The molecule has 1 saturated heterocycles. The van der Waals surface area contributed by atoms with Crippen molar-refractivity contribution in [1.29, 1.82) is 0 Å². The van der Waals surface area contributed by atoms with Crippen LogP contribution >= 0.6 is 11.3 Å². The summed E-state index contributed by atoms with van der Waals surface area (Å²) in [7, 11) is 0. The Bertz CT molecular complexity index is 353. The lowest BCUT2D eigenvalue weighted by atomic mass is 9.82. The normalized spacial score (nSPS) is 23.7. The van der Waals surface area contributed by atoms with Gasteiger partial charge < -0.3 is 10.6 Å². The first kappa shape index (κ1) is 14.0. The zero-order valence-electron chi connectivity index (χ0n) is 11.7. The summed E-state index contributed by atoms with van der Waals surface area (Å²) >= 11 is 1.89. The lowest BCUT2D eigenvalue weighted by molar-refractivity contribution is 0.276. The van der Waals surface area contributed by atoms with Crippen molar-refractivity contribution < 1.29 is 0 Å². The van der Waals surface area contributed by atoms with E-state index in [0.29, 0.717) is 5.41 Å². The van der Waals surface area contributed by atoms with Crippen molar-refractivity contribution >= 4 is 11.3 Å². The minimum absolute atomic E-state index is 0.512. The van der Waals surface area contributed by atoms with E-state index in [1.807, 2.05) is 11.3 Å². The molecule has 0 aliphatic carbocycles. The summed E-state index contributed by atoms with van der Waals surface area (Å²) in [4.78, 5) is 1.52. The Morgan fingerprint density at radius 1 is 1.44 bits per heavy atom. The summed E-state index contributed by atoms with van der Waals surface area (Å²) < 4.78 is 0. The molecule has 0 saturated carbocycles. The molecule has 2 rings (SSSR count). The molecule has 2 heterocycles. The number of rotatable bonds is 7. The third-order valence-corrected chi connectivity index (χ3v) is 5.08. The second-order valence-corrected chi connectivity index (χ2v) is 6.50. The molecule has 1 atom stereocenters. The molecule has 0 aromatic carbocycles. The first-order valence-electron chi connectivity index (χ1n) is 7.26. The number of aryl methyl sites for hydroxylation is 1. The van der Waals surface area contributed by atoms with Crippen molar-refractivity contribution in [3.63, 3.8) is 0 Å². The van der Waals surface area contributed by atoms with Crippen molar-refractivity contribution in [2.45, 2.75) is 46.1 Å². The molecular formula is C15H26N2S. The minimum Gasteiger partial charge on any atom is -0.316 e. The summed E-state index contributed by atoms with van der Waals surface area (Å²) in [5, 5.41) is 9.44. The Labute approximate surface area is 115 Å². The minimum atomic E-state index is 0.512. The molecule has 1 fully saturated rings. The quantitative estimate of drug-likeness (QED) is 0.792. The Morgan fingerprint density at radius 2 is 2.33 bits per heavy atom. The van der Waals surface area contributed by atoms with Gasteiger partial charge in [0.05, 0.1) is 0 Å². The second-order valence-electron chi connectivity index (χ2n) is 5.50. The van der Waals surface area contributed by atoms with E-state index < -0.39 is 0 Å². The van der Waals surface area contributed by atoms with E-state index in [1.54, 1.807) is 0 Å². The highest BCUT2D eigenvalue weighted by atomic mass is 32.1. The van der Waals surface area contributed by atoms with Gasteiger partial charge in [0.15, 0.2) is 0 Å². The smallest absolute Gasteiger partial charge is 0.0302 e. The van der Waals surface area contributed by atoms with E-state index in [9.17, 15) is 0 Å². The van der Waals surface area contributed by atoms with Gasteiger partial charge in [-0.15, -0.1) is 11.3 Å². The number of hydrogen-bond donors (Lipinski definition) is 2. The van der Waals surface area contributed by atoms with Crippen LogP contribution in [0.3, 0.4) is 0 Å². The van der Waals surface area contributed by atoms with Crippen LogP contribution in [-0.2, 0) is 13.0 Å². The van der Waals surface area contributed by atoms with Crippen LogP contribution in [-0.4, -0.2) is 19.6 Å². The third kappa shape index (κ3) is 3.34. The van der Waals surface area contributed by atoms with Gasteiger partial charge in [0.1, 0.15) is 0 Å². The van der Waals surface area contributed by atoms with Crippen LogP contribution in [0.2, 0.25) is 0 Å². The summed E-state index contributed by atoms with van der Waals surface area (Å²) in [5.41, 5.74) is 2.03. The molecule has 2 N–H and O–H groups in total. The molecule has 0 spiro atoms. The Hall–Kier alpha value is -0.380. The molecule has 1 aliphatic rings. The summed E-state index contributed by atoms with van der Waals surface area (Å²) in [5.74, 6) is 0. The van der Waals surface area contributed by atoms with Crippen molar-refractivity contribution in [3.8, 4) is 0 Å². The maximum absolute atomic E-state index is 3.70. The van der Waals surface area contributed by atoms with E-state index in [-0.39, 0.29) is 0 Å². The van der Waals surface area contributed by atoms with Crippen LogP contribution < -0.4 is 10.6 Å². The number of hydrogen-bond acceptors (Lipinski definition) is 3. The zero-order chi connectivity index (χ0) is 12.8. The van der Waals surface area contributed by atoms with Crippen molar-refractivity contribution in [2.75, 3.05) is 19.6 Å². The van der Waals surface area contributed by atoms with Gasteiger partial charge in [-0.3, -0.25) is 0 Å². The molecule has 0 amide bonds. The summed E-state index contributed by atoms with van der Waals surface area (Å²) in [6, 6.07) is 2.26. The average Bonchev–Trinajstić information content (AvgIpc) is 2.99. The first-order valence-corrected chi connectivity index (χ1v) is 8.14. The fourth-order valence-corrected chi connectivity index (χ4v) is 4.00. The molecule has 102 valence electrons. The monoisotopic (exact) mass is 266 g/mol. The average molecular weight is 266 g/mol. The van der Waals surface area contributed by atoms with E-state index >= 15 is 0 Å². The summed E-state index contributed by atoms with van der Waals surface area (Å²) in [6.45, 7) is 9.14. The van der Waals surface area contributed by atoms with Crippen LogP contribution in [0.15, 0.2) is 11.4 Å². The zero-order valence-corrected chi connectivity index (χ0v) is 12.5. The van der Waals surface area contributed by atoms with Crippen molar-refractivity contribution in [2.24, 2.45) is 5.41 Å². The van der Waals surface area contributed by atoms with Gasteiger partial charge >= 0.3 is 0 Å². The van der Waals surface area contributed by atoms with Crippen molar-refractivity contribution in [1.82, 2.24) is 10.6 Å². The Kier molecular flexibility index (Phi) is 5.22. The highest BCUT2D eigenvalue weighted by molar-refractivity contribution is 7.10. The van der Waals surface area contributed by atoms with E-state index in [0.717, 1.165) is 19.5 Å². The molecule has 2 nitrogen and oxygen atoms in total. The predicted molar refractivity (Wildman–Crippen MR) is 80.2 cm³/mol. The lowest BCUT2D eigenvalue weighted by Gasteiger charge is -2.28. The maximum Gasteiger partial charge on any atom is 0.0302 e. The predicted octanol–water partition coefficient (Wildman–Crippen LogP) is 3.18. The van der Waals surface area contributed by atoms with E-state index in [1.165, 1.54) is 42.8 Å². The highest BCUT2D eigenvalue weighted by Gasteiger charge is 2.32. The largest absolute Gasteiger partial charge is 0.316 e. The Balaban J connectivity index is 1.83. The van der Waals surface area contributed by atoms with Gasteiger partial charge in [-0.05, 0) is 48.2 Å². The molecule has 18 heavy (non-hydrogen) atoms. The molecule has 1 unspecified atom stereocenters. The van der Waals surface area contributed by atoms with Crippen LogP contribution in [0.1, 0.15) is 43.6 Å². The molecule has 1 aromatic rings. The summed E-state index contributed by atoms with van der Waals surface area (Å²) in [6.07, 6.45) is 5.13. The first-order chi connectivity index (χ1) is 8.79. The number of thiophene rings is 1. The van der Waals surface area contributed by atoms with Gasteiger partial charge in [-0.25, -0.2) is 0 Å². The number of nitrogens with one attached hydrogen (secondary N) is 2. The van der Waals surface area contributed by atoms with Crippen LogP contribution in [0, 0.1) is 5.41 Å². The SMILES string of the molecule is CCCC1(CNCc2sccc2CC)CCNC1. The molecular weight excluding hydrogens is 240 g/mol. The van der Waals surface area contributed by atoms with E-state index in [2.05, 4.69) is 35.9 Å². The Morgan fingerprint density at radius 3 is 3.00 bits per heavy atom. The lowest BCUT2D eigenvalue weighted by Crippen LogP contribution is -2.35. The fourth-order valence-electron chi connectivity index (χ4n) is 3.06. The fraction of sp³-hybridized carbons (Fsp3) is 0.733. The van der Waals surface area contributed by atoms with Gasteiger partial charge in [0.2, 0.25) is 0 Å². The van der Waals surface area contributed by atoms with Crippen LogP contribution in [0.25, 0.3) is 0 Å². The molecule has 3 heteroatoms. The van der Waals surface area contributed by atoms with Gasteiger partial charge in [0.25, 0.3) is 0 Å². The molecule has 0 radical (unpaired) electrons. The van der Waals surface area contributed by atoms with Gasteiger partial charge in [-0.1, -0.05) is 20.3 Å². The maximum atomic E-state index is 3.70.